The maximum Gasteiger partial charge on any atom is 0.387 e. The Balaban J connectivity index is 2.10. The molecule has 118 valence electrons. The van der Waals surface area contributed by atoms with Crippen molar-refractivity contribution in [1.82, 2.24) is 0 Å². The third-order valence-corrected chi connectivity index (χ3v) is 2.76. The highest BCUT2D eigenvalue weighted by atomic mass is 19.3. The van der Waals surface area contributed by atoms with Crippen LogP contribution in [0.4, 0.5) is 23.2 Å². The van der Waals surface area contributed by atoms with Gasteiger partial charge in [-0.1, -0.05) is 30.3 Å². The van der Waals surface area contributed by atoms with Gasteiger partial charge >= 0.3 is 13.2 Å². The molecule has 22 heavy (non-hydrogen) atoms. The van der Waals surface area contributed by atoms with Gasteiger partial charge in [-0.05, 0) is 18.2 Å². The Morgan fingerprint density at radius 2 is 1.32 bits per heavy atom. The van der Waals surface area contributed by atoms with Crippen LogP contribution in [-0.4, -0.2) is 13.2 Å². The van der Waals surface area contributed by atoms with E-state index in [0.29, 0.717) is 11.3 Å². The Morgan fingerprint density at radius 1 is 0.773 bits per heavy atom. The van der Waals surface area contributed by atoms with E-state index < -0.39 is 13.2 Å². The molecular weight excluding hydrogens is 302 g/mol. The maximum atomic E-state index is 12.3. The normalized spacial score (nSPS) is 10.8. The molecule has 0 bridgehead atoms. The van der Waals surface area contributed by atoms with E-state index in [9.17, 15) is 17.6 Å². The molecule has 0 unspecified atom stereocenters. The highest BCUT2D eigenvalue weighted by Crippen LogP contribution is 2.27. The van der Waals surface area contributed by atoms with Crippen LogP contribution in [0.25, 0.3) is 0 Å². The second-order valence-corrected chi connectivity index (χ2v) is 4.21. The summed E-state index contributed by atoms with van der Waals surface area (Å²) in [5.74, 6) is 0.00187. The number of para-hydroxylation sites is 3. The number of alkyl halides is 4. The van der Waals surface area contributed by atoms with E-state index in [4.69, 9.17) is 0 Å². The van der Waals surface area contributed by atoms with Crippen molar-refractivity contribution < 1.29 is 27.0 Å². The summed E-state index contributed by atoms with van der Waals surface area (Å²) >= 11 is 0. The lowest BCUT2D eigenvalue weighted by Crippen LogP contribution is -2.09. The molecule has 2 rings (SSSR count). The topological polar surface area (TPSA) is 30.5 Å². The Bertz CT molecular complexity index is 554. The van der Waals surface area contributed by atoms with E-state index in [1.54, 1.807) is 36.4 Å². The lowest BCUT2D eigenvalue weighted by atomic mass is 10.2. The molecule has 2 aromatic carbocycles. The molecule has 0 atom stereocenters. The van der Waals surface area contributed by atoms with Gasteiger partial charge in [-0.15, -0.1) is 0 Å². The van der Waals surface area contributed by atoms with Gasteiger partial charge in [0.25, 0.3) is 0 Å². The molecule has 0 fully saturated rings. The largest absolute Gasteiger partial charge is 0.434 e. The van der Waals surface area contributed by atoms with Gasteiger partial charge in [-0.25, -0.2) is 0 Å². The standard InChI is InChI=1S/C15H13F4NO2/c16-14(17)21-12-7-3-1-5-10(12)9-20-11-6-2-4-8-13(11)22-15(18)19/h1-8,14-15,20H,9H2. The van der Waals surface area contributed by atoms with Crippen molar-refractivity contribution in [1.29, 1.82) is 0 Å². The summed E-state index contributed by atoms with van der Waals surface area (Å²) in [5, 5.41) is 2.87. The van der Waals surface area contributed by atoms with Crippen LogP contribution in [0.3, 0.4) is 0 Å². The Morgan fingerprint density at radius 3 is 2.00 bits per heavy atom. The zero-order chi connectivity index (χ0) is 15.9. The zero-order valence-electron chi connectivity index (χ0n) is 11.3. The first-order chi connectivity index (χ1) is 10.6. The highest BCUT2D eigenvalue weighted by Gasteiger charge is 2.11. The van der Waals surface area contributed by atoms with Crippen molar-refractivity contribution in [2.45, 2.75) is 19.8 Å². The number of rotatable bonds is 7. The smallest absolute Gasteiger partial charge is 0.387 e. The minimum Gasteiger partial charge on any atom is -0.434 e. The van der Waals surface area contributed by atoms with E-state index >= 15 is 0 Å². The molecule has 0 aliphatic rings. The van der Waals surface area contributed by atoms with Crippen molar-refractivity contribution in [3.8, 4) is 11.5 Å². The van der Waals surface area contributed by atoms with Gasteiger partial charge in [0.2, 0.25) is 0 Å². The molecule has 0 saturated heterocycles. The first-order valence-electron chi connectivity index (χ1n) is 6.36. The summed E-state index contributed by atoms with van der Waals surface area (Å²) in [5.41, 5.74) is 0.796. The quantitative estimate of drug-likeness (QED) is 0.763. The van der Waals surface area contributed by atoms with Gasteiger partial charge in [0.15, 0.2) is 0 Å². The molecular formula is C15H13F4NO2. The molecule has 0 heterocycles. The van der Waals surface area contributed by atoms with Crippen molar-refractivity contribution in [2.24, 2.45) is 0 Å². The summed E-state index contributed by atoms with van der Waals surface area (Å²) in [4.78, 5) is 0. The first kappa shape index (κ1) is 15.9. The van der Waals surface area contributed by atoms with Gasteiger partial charge in [0.1, 0.15) is 11.5 Å². The number of halogens is 4. The second kappa shape index (κ2) is 7.53. The van der Waals surface area contributed by atoms with E-state index in [1.807, 2.05) is 0 Å². The molecule has 0 aliphatic heterocycles. The Kier molecular flexibility index (Phi) is 5.46. The fraction of sp³-hybridized carbons (Fsp3) is 0.200. The van der Waals surface area contributed by atoms with Crippen molar-refractivity contribution >= 4 is 5.69 Å². The molecule has 3 nitrogen and oxygen atoms in total. The molecule has 2 aromatic rings. The van der Waals surface area contributed by atoms with Gasteiger partial charge in [-0.3, -0.25) is 0 Å². The maximum absolute atomic E-state index is 12.3. The molecule has 0 spiro atoms. The van der Waals surface area contributed by atoms with Crippen LogP contribution >= 0.6 is 0 Å². The molecule has 0 radical (unpaired) electrons. The summed E-state index contributed by atoms with van der Waals surface area (Å²) < 4.78 is 58.1. The number of anilines is 1. The SMILES string of the molecule is FC(F)Oc1ccccc1CNc1ccccc1OC(F)F. The summed E-state index contributed by atoms with van der Waals surface area (Å²) in [6.45, 7) is -5.76. The van der Waals surface area contributed by atoms with E-state index in [0.717, 1.165) is 0 Å². The monoisotopic (exact) mass is 315 g/mol. The predicted molar refractivity (Wildman–Crippen MR) is 73.5 cm³/mol. The lowest BCUT2D eigenvalue weighted by molar-refractivity contribution is -0.0509. The average molecular weight is 315 g/mol. The number of hydrogen-bond acceptors (Lipinski definition) is 3. The van der Waals surface area contributed by atoms with Crippen LogP contribution in [0, 0.1) is 0 Å². The number of benzene rings is 2. The predicted octanol–water partition coefficient (Wildman–Crippen LogP) is 4.50. The van der Waals surface area contributed by atoms with Crippen LogP contribution in [0.5, 0.6) is 11.5 Å². The summed E-state index contributed by atoms with van der Waals surface area (Å²) in [6.07, 6.45) is 0. The number of ether oxygens (including phenoxy) is 2. The van der Waals surface area contributed by atoms with Crippen molar-refractivity contribution in [2.75, 3.05) is 5.32 Å². The number of hydrogen-bond donors (Lipinski definition) is 1. The van der Waals surface area contributed by atoms with Crippen molar-refractivity contribution in [3.05, 3.63) is 54.1 Å². The van der Waals surface area contributed by atoms with Crippen molar-refractivity contribution in [3.63, 3.8) is 0 Å². The summed E-state index contributed by atoms with van der Waals surface area (Å²) in [6, 6.07) is 12.4. The molecule has 0 aromatic heterocycles. The molecule has 0 amide bonds. The molecule has 1 N–H and O–H groups in total. The van der Waals surface area contributed by atoms with Crippen LogP contribution in [-0.2, 0) is 6.54 Å². The molecule has 7 heteroatoms. The first-order valence-corrected chi connectivity index (χ1v) is 6.36. The van der Waals surface area contributed by atoms with Crippen LogP contribution in [0.15, 0.2) is 48.5 Å². The fourth-order valence-corrected chi connectivity index (χ4v) is 1.86. The third kappa shape index (κ3) is 4.54. The minimum absolute atomic E-state index is 0.0234. The zero-order valence-corrected chi connectivity index (χ0v) is 11.3. The van der Waals surface area contributed by atoms with E-state index in [1.165, 1.54) is 12.1 Å². The fourth-order valence-electron chi connectivity index (χ4n) is 1.86. The van der Waals surface area contributed by atoms with E-state index in [-0.39, 0.29) is 18.0 Å². The Hall–Kier alpha value is -2.44. The third-order valence-electron chi connectivity index (χ3n) is 2.76. The number of nitrogens with one attached hydrogen (secondary N) is 1. The minimum atomic E-state index is -2.95. The highest BCUT2D eigenvalue weighted by molar-refractivity contribution is 5.56. The lowest BCUT2D eigenvalue weighted by Gasteiger charge is -2.14. The average Bonchev–Trinajstić information content (AvgIpc) is 2.46. The van der Waals surface area contributed by atoms with Crippen LogP contribution in [0.2, 0.25) is 0 Å². The van der Waals surface area contributed by atoms with Crippen LogP contribution < -0.4 is 14.8 Å². The second-order valence-electron chi connectivity index (χ2n) is 4.21. The van der Waals surface area contributed by atoms with Crippen LogP contribution in [0.1, 0.15) is 5.56 Å². The van der Waals surface area contributed by atoms with Gasteiger partial charge in [0, 0.05) is 12.1 Å². The summed E-state index contributed by atoms with van der Waals surface area (Å²) in [7, 11) is 0. The molecule has 0 saturated carbocycles. The van der Waals surface area contributed by atoms with Gasteiger partial charge in [-0.2, -0.15) is 17.6 Å². The molecule has 0 aliphatic carbocycles. The van der Waals surface area contributed by atoms with E-state index in [2.05, 4.69) is 14.8 Å². The van der Waals surface area contributed by atoms with Gasteiger partial charge < -0.3 is 14.8 Å². The Labute approximate surface area is 124 Å². The van der Waals surface area contributed by atoms with Gasteiger partial charge in [0.05, 0.1) is 5.69 Å².